The molecule has 0 amide bonds. The van der Waals surface area contributed by atoms with E-state index in [9.17, 15) is 8.42 Å². The molecule has 0 bridgehead atoms. The van der Waals surface area contributed by atoms with Crippen molar-refractivity contribution in [2.75, 3.05) is 12.8 Å². The molecule has 5 heteroatoms. The smallest absolute Gasteiger partial charge is 0.150 e. The van der Waals surface area contributed by atoms with Gasteiger partial charge in [0, 0.05) is 6.26 Å². The van der Waals surface area contributed by atoms with Crippen molar-refractivity contribution >= 4 is 27.2 Å². The third kappa shape index (κ3) is 3.48. The molecule has 1 saturated carbocycles. The summed E-state index contributed by atoms with van der Waals surface area (Å²) in [7, 11) is -2.87. The first-order chi connectivity index (χ1) is 6.54. The normalized spacial score (nSPS) is 28.1. The van der Waals surface area contributed by atoms with E-state index in [1.807, 2.05) is 0 Å². The summed E-state index contributed by atoms with van der Waals surface area (Å²) in [4.78, 5) is 3.88. The molecule has 0 spiro atoms. The van der Waals surface area contributed by atoms with Crippen molar-refractivity contribution in [3.63, 3.8) is 0 Å². The van der Waals surface area contributed by atoms with Gasteiger partial charge >= 0.3 is 0 Å². The number of aliphatic imine (C=N–C) groups is 1. The third-order valence-electron chi connectivity index (χ3n) is 2.75. The lowest BCUT2D eigenvalue weighted by molar-refractivity contribution is 0.366. The van der Waals surface area contributed by atoms with Gasteiger partial charge in [-0.15, -0.1) is 0 Å². The molecule has 1 aliphatic carbocycles. The number of rotatable bonds is 3. The molecule has 0 aromatic carbocycles. The van der Waals surface area contributed by atoms with Crippen LogP contribution in [0, 0.1) is 5.92 Å². The van der Waals surface area contributed by atoms with Crippen LogP contribution in [0.15, 0.2) is 4.99 Å². The van der Waals surface area contributed by atoms with Gasteiger partial charge in [-0.05, 0) is 37.4 Å². The number of nitrogens with zero attached hydrogens (tertiary/aromatic N) is 1. The molecular weight excluding hydrogens is 218 g/mol. The Morgan fingerprint density at radius 3 is 2.79 bits per heavy atom. The molecule has 0 aromatic rings. The largest absolute Gasteiger partial charge is 0.232 e. The molecule has 80 valence electrons. The Bertz CT molecular complexity index is 331. The molecule has 2 atom stereocenters. The van der Waals surface area contributed by atoms with Gasteiger partial charge in [-0.1, -0.05) is 6.42 Å². The van der Waals surface area contributed by atoms with Gasteiger partial charge in [-0.3, -0.25) is 0 Å². The number of isothiocyanates is 1. The zero-order valence-corrected chi connectivity index (χ0v) is 9.90. The molecule has 0 saturated heterocycles. The lowest BCUT2D eigenvalue weighted by atomic mass is 9.89. The minimum Gasteiger partial charge on any atom is -0.232 e. The first-order valence-electron chi connectivity index (χ1n) is 4.76. The molecule has 14 heavy (non-hydrogen) atoms. The van der Waals surface area contributed by atoms with Gasteiger partial charge in [0.1, 0.15) is 9.84 Å². The highest BCUT2D eigenvalue weighted by atomic mass is 32.2. The summed E-state index contributed by atoms with van der Waals surface area (Å²) in [5.41, 5.74) is 0. The summed E-state index contributed by atoms with van der Waals surface area (Å²) in [6.45, 7) is 0.634. The van der Waals surface area contributed by atoms with E-state index in [0.717, 1.165) is 25.7 Å². The van der Waals surface area contributed by atoms with E-state index in [0.29, 0.717) is 12.5 Å². The monoisotopic (exact) mass is 233 g/mol. The zero-order valence-electron chi connectivity index (χ0n) is 8.27. The average molecular weight is 233 g/mol. The van der Waals surface area contributed by atoms with Crippen molar-refractivity contribution < 1.29 is 8.42 Å². The minimum atomic E-state index is -2.87. The van der Waals surface area contributed by atoms with Crippen LogP contribution in [-0.2, 0) is 9.84 Å². The highest BCUT2D eigenvalue weighted by molar-refractivity contribution is 7.91. The van der Waals surface area contributed by atoms with Crippen molar-refractivity contribution in [3.05, 3.63) is 0 Å². The van der Waals surface area contributed by atoms with Crippen LogP contribution in [0.5, 0.6) is 0 Å². The maximum Gasteiger partial charge on any atom is 0.150 e. The first kappa shape index (κ1) is 11.8. The van der Waals surface area contributed by atoms with E-state index < -0.39 is 9.84 Å². The second kappa shape index (κ2) is 5.01. The van der Waals surface area contributed by atoms with E-state index in [4.69, 9.17) is 0 Å². The Balaban J connectivity index is 2.56. The van der Waals surface area contributed by atoms with Crippen LogP contribution in [0.3, 0.4) is 0 Å². The number of sulfone groups is 1. The van der Waals surface area contributed by atoms with E-state index in [-0.39, 0.29) is 5.25 Å². The minimum absolute atomic E-state index is 0.165. The first-order valence-corrected chi connectivity index (χ1v) is 7.13. The van der Waals surface area contributed by atoms with E-state index in [2.05, 4.69) is 22.4 Å². The molecule has 1 fully saturated rings. The van der Waals surface area contributed by atoms with Gasteiger partial charge in [-0.2, -0.15) is 0 Å². The SMILES string of the molecule is CS(=O)(=O)[C@H]1CCCC(CN=C=S)C1. The van der Waals surface area contributed by atoms with Crippen molar-refractivity contribution in [1.82, 2.24) is 0 Å². The summed E-state index contributed by atoms with van der Waals surface area (Å²) in [5.74, 6) is 0.374. The van der Waals surface area contributed by atoms with Crippen LogP contribution in [-0.4, -0.2) is 31.6 Å². The maximum atomic E-state index is 11.3. The van der Waals surface area contributed by atoms with Gasteiger partial charge in [-0.25, -0.2) is 13.4 Å². The lowest BCUT2D eigenvalue weighted by Crippen LogP contribution is -2.28. The topological polar surface area (TPSA) is 46.5 Å². The summed E-state index contributed by atoms with van der Waals surface area (Å²) < 4.78 is 22.7. The maximum absolute atomic E-state index is 11.3. The lowest BCUT2D eigenvalue weighted by Gasteiger charge is -2.26. The molecule has 0 heterocycles. The van der Waals surface area contributed by atoms with E-state index in [1.54, 1.807) is 0 Å². The highest BCUT2D eigenvalue weighted by Gasteiger charge is 2.28. The Morgan fingerprint density at radius 2 is 2.21 bits per heavy atom. The molecule has 1 unspecified atom stereocenters. The van der Waals surface area contributed by atoms with Gasteiger partial charge in [0.05, 0.1) is 17.0 Å². The van der Waals surface area contributed by atoms with Gasteiger partial charge < -0.3 is 0 Å². The average Bonchev–Trinajstić information content (AvgIpc) is 2.14. The fourth-order valence-electron chi connectivity index (χ4n) is 1.96. The van der Waals surface area contributed by atoms with Crippen LogP contribution in [0.25, 0.3) is 0 Å². The van der Waals surface area contributed by atoms with Crippen molar-refractivity contribution in [3.8, 4) is 0 Å². The van der Waals surface area contributed by atoms with Gasteiger partial charge in [0.2, 0.25) is 0 Å². The van der Waals surface area contributed by atoms with Crippen LogP contribution >= 0.6 is 12.2 Å². The summed E-state index contributed by atoms with van der Waals surface area (Å²) in [6.07, 6.45) is 4.90. The Morgan fingerprint density at radius 1 is 1.50 bits per heavy atom. The standard InChI is InChI=1S/C9H15NO2S2/c1-14(11,12)9-4-2-3-8(5-9)6-10-7-13/h8-9H,2-6H2,1H3/t8?,9-/m0/s1. The molecule has 0 radical (unpaired) electrons. The zero-order chi connectivity index (χ0) is 10.6. The third-order valence-corrected chi connectivity index (χ3v) is 4.52. The van der Waals surface area contributed by atoms with E-state index >= 15 is 0 Å². The second-order valence-corrected chi connectivity index (χ2v) is 6.42. The molecule has 1 aliphatic rings. The second-order valence-electron chi connectivity index (χ2n) is 3.92. The molecule has 0 N–H and O–H groups in total. The van der Waals surface area contributed by atoms with Crippen LogP contribution in [0.1, 0.15) is 25.7 Å². The highest BCUT2D eigenvalue weighted by Crippen LogP contribution is 2.28. The number of thiocarbonyl (C=S) groups is 1. The van der Waals surface area contributed by atoms with Crippen LogP contribution < -0.4 is 0 Å². The van der Waals surface area contributed by atoms with E-state index in [1.165, 1.54) is 6.26 Å². The number of hydrogen-bond donors (Lipinski definition) is 0. The fourth-order valence-corrected chi connectivity index (χ4v) is 3.25. The van der Waals surface area contributed by atoms with Crippen LogP contribution in [0.4, 0.5) is 0 Å². The molecule has 1 rings (SSSR count). The molecule has 0 aliphatic heterocycles. The Hall–Kier alpha value is -0.250. The Kier molecular flexibility index (Phi) is 4.23. The summed E-state index contributed by atoms with van der Waals surface area (Å²) >= 11 is 4.49. The van der Waals surface area contributed by atoms with Crippen molar-refractivity contribution in [2.24, 2.45) is 10.9 Å². The predicted molar refractivity (Wildman–Crippen MR) is 60.5 cm³/mol. The van der Waals surface area contributed by atoms with Gasteiger partial charge in [0.25, 0.3) is 0 Å². The molecule has 0 aromatic heterocycles. The van der Waals surface area contributed by atoms with Crippen molar-refractivity contribution in [2.45, 2.75) is 30.9 Å². The summed E-state index contributed by atoms with van der Waals surface area (Å²) in [5, 5.41) is 2.16. The van der Waals surface area contributed by atoms with Crippen molar-refractivity contribution in [1.29, 1.82) is 0 Å². The van der Waals surface area contributed by atoms with Gasteiger partial charge in [0.15, 0.2) is 0 Å². The summed E-state index contributed by atoms with van der Waals surface area (Å²) in [6, 6.07) is 0. The Labute approximate surface area is 90.5 Å². The quantitative estimate of drug-likeness (QED) is 0.550. The molecular formula is C9H15NO2S2. The molecule has 3 nitrogen and oxygen atoms in total. The fraction of sp³-hybridized carbons (Fsp3) is 0.889. The predicted octanol–water partition coefficient (Wildman–Crippen LogP) is 1.69. The number of hydrogen-bond acceptors (Lipinski definition) is 4. The van der Waals surface area contributed by atoms with Crippen LogP contribution in [0.2, 0.25) is 0 Å².